The van der Waals surface area contributed by atoms with E-state index in [1.807, 2.05) is 24.3 Å². The summed E-state index contributed by atoms with van der Waals surface area (Å²) in [5.74, 6) is 1.88. The smallest absolute Gasteiger partial charge is 0.115 e. The molecule has 190 valence electrons. The van der Waals surface area contributed by atoms with Crippen molar-refractivity contribution in [2.24, 2.45) is 17.3 Å². The average Bonchev–Trinajstić information content (AvgIpc) is 3.13. The molecule has 5 N–H and O–H groups in total. The number of nitrogens with two attached hydrogens (primary N) is 1. The summed E-state index contributed by atoms with van der Waals surface area (Å²) >= 11 is 0. The Labute approximate surface area is 213 Å². The number of aliphatic hydroxyl groups is 2. The van der Waals surface area contributed by atoms with Gasteiger partial charge in [-0.2, -0.15) is 0 Å². The Kier molecular flexibility index (Phi) is 5.96. The second kappa shape index (κ2) is 9.04. The van der Waals surface area contributed by atoms with Crippen molar-refractivity contribution in [2.45, 2.75) is 82.8 Å². The summed E-state index contributed by atoms with van der Waals surface area (Å²) < 4.78 is 0. The van der Waals surface area contributed by atoms with Crippen molar-refractivity contribution in [3.05, 3.63) is 64.8 Å². The zero-order chi connectivity index (χ0) is 25.0. The van der Waals surface area contributed by atoms with Crippen LogP contribution in [-0.4, -0.2) is 32.5 Å². The van der Waals surface area contributed by atoms with Gasteiger partial charge in [0, 0.05) is 16.8 Å². The van der Waals surface area contributed by atoms with Gasteiger partial charge in [-0.3, -0.25) is 4.98 Å². The van der Waals surface area contributed by atoms with Crippen molar-refractivity contribution in [1.29, 1.82) is 0 Å². The molecule has 4 aliphatic rings. The third-order valence-electron chi connectivity index (χ3n) is 9.90. The molecular weight excluding hydrogens is 448 g/mol. The molecule has 7 rings (SSSR count). The van der Waals surface area contributed by atoms with Crippen LogP contribution in [0.25, 0.3) is 10.9 Å². The Morgan fingerprint density at radius 1 is 1.00 bits per heavy atom. The van der Waals surface area contributed by atoms with E-state index in [4.69, 9.17) is 10.7 Å². The maximum absolute atomic E-state index is 10.4. The number of phenolic OH excluding ortho intramolecular Hbond substituents is 1. The van der Waals surface area contributed by atoms with Crippen molar-refractivity contribution in [2.75, 3.05) is 5.73 Å². The first-order valence-corrected chi connectivity index (χ1v) is 13.7. The van der Waals surface area contributed by atoms with Crippen molar-refractivity contribution >= 4 is 16.6 Å². The number of fused-ring (bicyclic) bond motifs is 7. The van der Waals surface area contributed by atoms with Gasteiger partial charge in [0.2, 0.25) is 0 Å². The normalized spacial score (nSPS) is 32.5. The number of anilines is 1. The molecule has 2 aromatic carbocycles. The molecule has 5 nitrogen and oxygen atoms in total. The van der Waals surface area contributed by atoms with Crippen LogP contribution in [0.15, 0.2) is 42.5 Å². The maximum atomic E-state index is 10.4. The van der Waals surface area contributed by atoms with Crippen LogP contribution in [-0.2, 0) is 19.3 Å². The molecule has 0 bridgehead atoms. The van der Waals surface area contributed by atoms with Gasteiger partial charge in [0.1, 0.15) is 5.75 Å². The summed E-state index contributed by atoms with van der Waals surface area (Å²) in [5.41, 5.74) is 13.3. The van der Waals surface area contributed by atoms with E-state index in [1.54, 1.807) is 6.07 Å². The first-order chi connectivity index (χ1) is 17.4. The van der Waals surface area contributed by atoms with E-state index < -0.39 is 12.2 Å². The van der Waals surface area contributed by atoms with Crippen LogP contribution in [0.5, 0.6) is 5.75 Å². The highest BCUT2D eigenvalue weighted by Gasteiger charge is 2.57. The molecule has 0 aliphatic heterocycles. The summed E-state index contributed by atoms with van der Waals surface area (Å²) in [6.07, 6.45) is 8.48. The number of hydrogen-bond donors (Lipinski definition) is 4. The monoisotopic (exact) mass is 486 g/mol. The van der Waals surface area contributed by atoms with Gasteiger partial charge in [0.25, 0.3) is 0 Å². The van der Waals surface area contributed by atoms with Gasteiger partial charge >= 0.3 is 0 Å². The van der Waals surface area contributed by atoms with Gasteiger partial charge in [0.05, 0.1) is 17.7 Å². The molecule has 0 unspecified atom stereocenters. The minimum absolute atomic E-state index is 0.116. The Balaban J connectivity index is 0.000000141. The average molecular weight is 487 g/mol. The number of aryl methyl sites for hydroxylation is 2. The minimum Gasteiger partial charge on any atom is -0.508 e. The number of nitrogens with zero attached hydrogens (tertiary/aromatic N) is 1. The van der Waals surface area contributed by atoms with Crippen LogP contribution >= 0.6 is 0 Å². The van der Waals surface area contributed by atoms with E-state index in [-0.39, 0.29) is 5.41 Å². The topological polar surface area (TPSA) is 99.6 Å². The Hall–Kier alpha value is -2.63. The molecule has 2 saturated carbocycles. The van der Waals surface area contributed by atoms with Gasteiger partial charge in [-0.25, -0.2) is 0 Å². The first kappa shape index (κ1) is 23.7. The Morgan fingerprint density at radius 2 is 1.81 bits per heavy atom. The fourth-order valence-corrected chi connectivity index (χ4v) is 7.97. The van der Waals surface area contributed by atoms with Gasteiger partial charge in [-0.05, 0) is 116 Å². The highest BCUT2D eigenvalue weighted by Crippen LogP contribution is 2.60. The van der Waals surface area contributed by atoms with Crippen LogP contribution in [0, 0.1) is 17.3 Å². The highest BCUT2D eigenvalue weighted by atomic mass is 16.3. The van der Waals surface area contributed by atoms with E-state index in [0.717, 1.165) is 61.5 Å². The molecule has 0 spiro atoms. The van der Waals surface area contributed by atoms with Crippen LogP contribution < -0.4 is 5.73 Å². The van der Waals surface area contributed by atoms with Gasteiger partial charge < -0.3 is 21.1 Å². The predicted molar refractivity (Wildman–Crippen MR) is 143 cm³/mol. The summed E-state index contributed by atoms with van der Waals surface area (Å²) in [4.78, 5) is 4.70. The van der Waals surface area contributed by atoms with Crippen molar-refractivity contribution in [3.63, 3.8) is 0 Å². The molecular formula is C31H38N2O3. The minimum atomic E-state index is -0.565. The van der Waals surface area contributed by atoms with E-state index >= 15 is 0 Å². The standard InChI is InChI=1S/C18H24O3.C13H14N2/c1-18-7-6-13-12-5-3-11(19)8-10(12)2-4-14(13)15(18)9-16(20)17(18)21;14-13-9-5-1-3-7-11(9)15-12-8-4-2-6-10(12)13/h3,5,8,13-17,19-21H,2,4,6-7,9H2,1H3;1,3,5,7H,2,4,6,8H2,(H2,14,15)/t13-,14-,15+,16-,17+,18+;/m1./s1. The number of phenols is 1. The van der Waals surface area contributed by atoms with Crippen molar-refractivity contribution in [3.8, 4) is 5.75 Å². The highest BCUT2D eigenvalue weighted by molar-refractivity contribution is 5.92. The number of hydrogen-bond acceptors (Lipinski definition) is 5. The summed E-state index contributed by atoms with van der Waals surface area (Å²) in [7, 11) is 0. The lowest BCUT2D eigenvalue weighted by atomic mass is 9.55. The SMILES string of the molecule is C[C@]12CC[C@@H]3c4ccc(O)cc4CC[C@H]3[C@@H]1C[C@@H](O)[C@@H]2O.Nc1c2c(nc3ccccc13)CCCC2. The molecule has 36 heavy (non-hydrogen) atoms. The van der Waals surface area contributed by atoms with Gasteiger partial charge in [0.15, 0.2) is 0 Å². The van der Waals surface area contributed by atoms with Crippen LogP contribution in [0.2, 0.25) is 0 Å². The third kappa shape index (κ3) is 3.79. The van der Waals surface area contributed by atoms with E-state index in [2.05, 4.69) is 19.1 Å². The lowest BCUT2D eigenvalue weighted by Crippen LogP contribution is -2.44. The predicted octanol–water partition coefficient (Wildman–Crippen LogP) is 5.28. The number of rotatable bonds is 0. The molecule has 3 aromatic rings. The molecule has 0 amide bonds. The van der Waals surface area contributed by atoms with Crippen LogP contribution in [0.3, 0.4) is 0 Å². The third-order valence-corrected chi connectivity index (χ3v) is 9.90. The largest absolute Gasteiger partial charge is 0.508 e. The number of pyridine rings is 1. The number of aliphatic hydroxyl groups excluding tert-OH is 2. The fourth-order valence-electron chi connectivity index (χ4n) is 7.97. The summed E-state index contributed by atoms with van der Waals surface area (Å²) in [5, 5.41) is 31.3. The van der Waals surface area contributed by atoms with Crippen molar-refractivity contribution in [1.82, 2.24) is 4.98 Å². The van der Waals surface area contributed by atoms with E-state index in [0.29, 0.717) is 23.5 Å². The Morgan fingerprint density at radius 3 is 2.67 bits per heavy atom. The van der Waals surface area contributed by atoms with Gasteiger partial charge in [-0.15, -0.1) is 0 Å². The number of aromatic hydroxyl groups is 1. The second-order valence-corrected chi connectivity index (χ2v) is 11.8. The molecule has 5 heteroatoms. The summed E-state index contributed by atoms with van der Waals surface area (Å²) in [6.45, 7) is 2.17. The second-order valence-electron chi connectivity index (χ2n) is 11.8. The molecule has 2 fully saturated rings. The lowest BCUT2D eigenvalue weighted by Gasteiger charge is -2.49. The molecule has 0 radical (unpaired) electrons. The van der Waals surface area contributed by atoms with Crippen molar-refractivity contribution < 1.29 is 15.3 Å². The first-order valence-electron chi connectivity index (χ1n) is 13.7. The zero-order valence-electron chi connectivity index (χ0n) is 21.2. The van der Waals surface area contributed by atoms with E-state index in [1.165, 1.54) is 35.2 Å². The van der Waals surface area contributed by atoms with Crippen LogP contribution in [0.1, 0.15) is 73.8 Å². The van der Waals surface area contributed by atoms with Gasteiger partial charge in [-0.1, -0.05) is 31.2 Å². The Bertz CT molecular complexity index is 1290. The number of para-hydroxylation sites is 1. The molecule has 4 aliphatic carbocycles. The quantitative estimate of drug-likeness (QED) is 0.347. The number of nitrogen functional groups attached to an aromatic ring is 1. The maximum Gasteiger partial charge on any atom is 0.115 e. The number of aromatic nitrogens is 1. The summed E-state index contributed by atoms with van der Waals surface area (Å²) in [6, 6.07) is 13.9. The molecule has 1 heterocycles. The molecule has 6 atom stereocenters. The molecule has 1 aromatic heterocycles. The fraction of sp³-hybridized carbons (Fsp3) is 0.516. The van der Waals surface area contributed by atoms with E-state index in [9.17, 15) is 15.3 Å². The zero-order valence-corrected chi connectivity index (χ0v) is 21.2. The van der Waals surface area contributed by atoms with Crippen LogP contribution in [0.4, 0.5) is 5.69 Å². The lowest BCUT2D eigenvalue weighted by molar-refractivity contribution is -0.0505. The number of benzene rings is 2. The molecule has 0 saturated heterocycles.